The number of rotatable bonds is 20. The van der Waals surface area contributed by atoms with Gasteiger partial charge in [-0.2, -0.15) is 0 Å². The second-order valence-electron chi connectivity index (χ2n) is 14.5. The van der Waals surface area contributed by atoms with Crippen LogP contribution in [-0.2, 0) is 28.7 Å². The third-order valence-electron chi connectivity index (χ3n) is 7.89. The number of hydrogen-bond acceptors (Lipinski definition) is 7. The fraction of sp³-hybridized carbons (Fsp3) is 0.853. The quantitative estimate of drug-likeness (QED) is 0.133. The Morgan fingerprint density at radius 3 is 1.07 bits per heavy atom. The van der Waals surface area contributed by atoms with Gasteiger partial charge in [0.15, 0.2) is 0 Å². The van der Waals surface area contributed by atoms with E-state index in [4.69, 9.17) is 9.47 Å². The molecule has 0 aliphatic carbocycles. The van der Waals surface area contributed by atoms with Gasteiger partial charge in [-0.15, -0.1) is 0 Å². The van der Waals surface area contributed by atoms with E-state index in [0.29, 0.717) is 25.7 Å². The van der Waals surface area contributed by atoms with Gasteiger partial charge in [0, 0.05) is 49.9 Å². The topological polar surface area (TPSA) is 152 Å². The third-order valence-corrected chi connectivity index (χ3v) is 7.89. The number of amides is 4. The van der Waals surface area contributed by atoms with E-state index in [1.165, 1.54) is 7.11 Å². The van der Waals surface area contributed by atoms with E-state index in [1.54, 1.807) is 20.8 Å². The molecular formula is C34H64N4O7. The largest absolute Gasteiger partial charge is 0.469 e. The average Bonchev–Trinajstić information content (AvgIpc) is 2.91. The van der Waals surface area contributed by atoms with Crippen molar-refractivity contribution in [2.24, 2.45) is 23.7 Å². The van der Waals surface area contributed by atoms with Crippen LogP contribution in [-0.4, -0.2) is 66.7 Å². The fourth-order valence-electron chi connectivity index (χ4n) is 4.82. The molecule has 4 atom stereocenters. The number of nitrogens with one attached hydrogen (secondary N) is 4. The number of carbonyl (C=O) groups is 5. The molecule has 0 fully saturated rings. The van der Waals surface area contributed by atoms with Crippen molar-refractivity contribution in [1.29, 1.82) is 0 Å². The van der Waals surface area contributed by atoms with Crippen LogP contribution in [0.1, 0.15) is 128 Å². The van der Waals surface area contributed by atoms with Crippen molar-refractivity contribution in [2.75, 3.05) is 7.11 Å². The zero-order valence-electron chi connectivity index (χ0n) is 30.1. The average molecular weight is 641 g/mol. The van der Waals surface area contributed by atoms with E-state index in [0.717, 1.165) is 0 Å². The van der Waals surface area contributed by atoms with Crippen LogP contribution >= 0.6 is 0 Å². The van der Waals surface area contributed by atoms with E-state index in [1.807, 2.05) is 55.4 Å². The van der Waals surface area contributed by atoms with Crippen molar-refractivity contribution in [3.05, 3.63) is 0 Å². The number of esters is 1. The maximum atomic E-state index is 12.9. The highest BCUT2D eigenvalue weighted by atomic mass is 16.6. The summed E-state index contributed by atoms with van der Waals surface area (Å²) in [4.78, 5) is 62.3. The van der Waals surface area contributed by atoms with Gasteiger partial charge in [0.2, 0.25) is 17.7 Å². The molecule has 0 radical (unpaired) electrons. The van der Waals surface area contributed by atoms with Crippen molar-refractivity contribution < 1.29 is 33.4 Å². The Hall–Kier alpha value is -2.85. The first-order valence-corrected chi connectivity index (χ1v) is 16.7. The first-order chi connectivity index (χ1) is 20.7. The van der Waals surface area contributed by atoms with Crippen molar-refractivity contribution >= 4 is 29.8 Å². The molecule has 4 amide bonds. The first-order valence-electron chi connectivity index (χ1n) is 16.7. The molecule has 0 aliphatic rings. The molecule has 0 aromatic carbocycles. The van der Waals surface area contributed by atoms with Crippen molar-refractivity contribution in [1.82, 2.24) is 21.3 Å². The van der Waals surface area contributed by atoms with Gasteiger partial charge in [-0.25, -0.2) is 4.79 Å². The van der Waals surface area contributed by atoms with E-state index >= 15 is 0 Å². The smallest absolute Gasteiger partial charge is 0.407 e. The number of hydrogen-bond donors (Lipinski definition) is 4. The Morgan fingerprint density at radius 1 is 0.511 bits per heavy atom. The van der Waals surface area contributed by atoms with Crippen LogP contribution in [0.15, 0.2) is 0 Å². The van der Waals surface area contributed by atoms with Gasteiger partial charge < -0.3 is 30.7 Å². The molecule has 262 valence electrons. The maximum Gasteiger partial charge on any atom is 0.407 e. The minimum absolute atomic E-state index is 0.109. The summed E-state index contributed by atoms with van der Waals surface area (Å²) in [5.74, 6) is -0.106. The summed E-state index contributed by atoms with van der Waals surface area (Å²) in [6.45, 7) is 21.4. The summed E-state index contributed by atoms with van der Waals surface area (Å²) < 4.78 is 10.1. The summed E-state index contributed by atoms with van der Waals surface area (Å²) in [5.41, 5.74) is -0.603. The van der Waals surface area contributed by atoms with Crippen LogP contribution in [0, 0.1) is 23.7 Å². The minimum Gasteiger partial charge on any atom is -0.469 e. The summed E-state index contributed by atoms with van der Waals surface area (Å²) in [6, 6.07) is -0.696. The number of carbonyl (C=O) groups excluding carboxylic acids is 5. The van der Waals surface area contributed by atoms with E-state index in [-0.39, 0.29) is 97.2 Å². The SMILES string of the molecule is COC(=O)CC[C@@H](NC(=O)CC[C@@H](NC(=O)CC[C@@H](NC(=O)CC[C@@H](NC(=O)OC(C)(C)C)C(C)C)C(C)C)C(C)C)C(C)C. The Morgan fingerprint density at radius 2 is 0.800 bits per heavy atom. The third kappa shape index (κ3) is 20.0. The maximum absolute atomic E-state index is 12.9. The highest BCUT2D eigenvalue weighted by Gasteiger charge is 2.25. The normalized spacial score (nSPS) is 14.5. The van der Waals surface area contributed by atoms with Crippen molar-refractivity contribution in [3.8, 4) is 0 Å². The van der Waals surface area contributed by atoms with Crippen LogP contribution < -0.4 is 21.3 Å². The lowest BCUT2D eigenvalue weighted by Gasteiger charge is -2.27. The Balaban J connectivity index is 4.91. The standard InChI is InChI=1S/C34H64N4O7/c1-21(2)25(14-18-30(40)37-27(23(5)6)16-20-32(42)44-12)35-29(39)17-13-26(22(3)4)36-31(41)19-15-28(24(7)8)38-33(43)45-34(9,10)11/h21-28H,13-20H2,1-12H3,(H,35,39)(H,36,41)(H,37,40)(H,38,43)/t25-,26-,27-,28-/m1/s1. The van der Waals surface area contributed by atoms with Gasteiger partial charge in [0.1, 0.15) is 5.60 Å². The van der Waals surface area contributed by atoms with Gasteiger partial charge in [-0.3, -0.25) is 19.2 Å². The number of methoxy groups -OCH3 is 1. The molecule has 0 rings (SSSR count). The van der Waals surface area contributed by atoms with Gasteiger partial charge in [0.05, 0.1) is 7.11 Å². The molecule has 11 heteroatoms. The van der Waals surface area contributed by atoms with E-state index in [9.17, 15) is 24.0 Å². The highest BCUT2D eigenvalue weighted by molar-refractivity contribution is 5.78. The zero-order valence-corrected chi connectivity index (χ0v) is 30.1. The van der Waals surface area contributed by atoms with Gasteiger partial charge in [-0.05, 0) is 70.1 Å². The lowest BCUT2D eigenvalue weighted by Crippen LogP contribution is -2.44. The fourth-order valence-corrected chi connectivity index (χ4v) is 4.82. The van der Waals surface area contributed by atoms with Crippen LogP contribution in [0.25, 0.3) is 0 Å². The van der Waals surface area contributed by atoms with Gasteiger partial charge in [0.25, 0.3) is 0 Å². The number of alkyl carbamates (subject to hydrolysis) is 1. The predicted molar refractivity (Wildman–Crippen MR) is 177 cm³/mol. The Labute approximate surface area is 272 Å². The molecule has 0 saturated heterocycles. The molecule has 0 unspecified atom stereocenters. The monoisotopic (exact) mass is 640 g/mol. The lowest BCUT2D eigenvalue weighted by molar-refractivity contribution is -0.141. The van der Waals surface area contributed by atoms with E-state index < -0.39 is 11.7 Å². The molecule has 0 bridgehead atoms. The molecule has 0 aromatic rings. The Kier molecular flexibility index (Phi) is 19.7. The lowest BCUT2D eigenvalue weighted by atomic mass is 9.95. The second-order valence-corrected chi connectivity index (χ2v) is 14.5. The minimum atomic E-state index is -0.603. The molecule has 0 saturated carbocycles. The first kappa shape index (κ1) is 42.1. The molecule has 4 N–H and O–H groups in total. The molecule has 45 heavy (non-hydrogen) atoms. The van der Waals surface area contributed by atoms with Crippen LogP contribution in [0.3, 0.4) is 0 Å². The van der Waals surface area contributed by atoms with Crippen molar-refractivity contribution in [2.45, 2.75) is 157 Å². The zero-order chi connectivity index (χ0) is 34.9. The molecule has 0 aromatic heterocycles. The summed E-state index contributed by atoms with van der Waals surface area (Å²) in [7, 11) is 1.35. The molecular weight excluding hydrogens is 576 g/mol. The molecule has 0 aliphatic heterocycles. The van der Waals surface area contributed by atoms with Gasteiger partial charge in [-0.1, -0.05) is 55.4 Å². The second kappa shape index (κ2) is 21.0. The molecule has 11 nitrogen and oxygen atoms in total. The highest BCUT2D eigenvalue weighted by Crippen LogP contribution is 2.16. The molecule has 0 spiro atoms. The predicted octanol–water partition coefficient (Wildman–Crippen LogP) is 5.25. The van der Waals surface area contributed by atoms with Gasteiger partial charge >= 0.3 is 12.1 Å². The number of ether oxygens (including phenoxy) is 2. The van der Waals surface area contributed by atoms with E-state index in [2.05, 4.69) is 21.3 Å². The van der Waals surface area contributed by atoms with Crippen LogP contribution in [0.2, 0.25) is 0 Å². The van der Waals surface area contributed by atoms with Crippen molar-refractivity contribution in [3.63, 3.8) is 0 Å². The summed E-state index contributed by atoms with van der Waals surface area (Å²) in [5, 5.41) is 12.1. The summed E-state index contributed by atoms with van der Waals surface area (Å²) in [6.07, 6.45) is 2.46. The summed E-state index contributed by atoms with van der Waals surface area (Å²) >= 11 is 0. The Bertz CT molecular complexity index is 928. The molecule has 0 heterocycles. The van der Waals surface area contributed by atoms with Crippen LogP contribution in [0.4, 0.5) is 4.79 Å². The van der Waals surface area contributed by atoms with Crippen LogP contribution in [0.5, 0.6) is 0 Å².